The Morgan fingerprint density at radius 1 is 0.566 bits per heavy atom. The Labute approximate surface area is 307 Å². The molecule has 284 valence electrons. The third-order valence-corrected chi connectivity index (χ3v) is 8.91. The van der Waals surface area contributed by atoms with E-state index in [0.29, 0.717) is 0 Å². The summed E-state index contributed by atoms with van der Waals surface area (Å²) in [5, 5.41) is 0. The lowest BCUT2D eigenvalue weighted by Gasteiger charge is -2.46. The largest absolute Gasteiger partial charge is 0.509 e. The molecule has 14 nitrogen and oxygen atoms in total. The molecule has 0 N–H and O–H groups in total. The molecule has 0 spiro atoms. The monoisotopic (exact) mass is 736 g/mol. The van der Waals surface area contributed by atoms with Crippen LogP contribution < -0.4 is 0 Å². The van der Waals surface area contributed by atoms with Gasteiger partial charge in [-0.15, -0.1) is 0 Å². The fourth-order valence-electron chi connectivity index (χ4n) is 6.45. The number of ether oxygens (including phenoxy) is 11. The van der Waals surface area contributed by atoms with Gasteiger partial charge in [-0.05, 0) is 16.7 Å². The van der Waals surface area contributed by atoms with E-state index in [9.17, 15) is 14.4 Å². The summed E-state index contributed by atoms with van der Waals surface area (Å²) in [4.78, 5) is 36.1. The van der Waals surface area contributed by atoms with Crippen molar-refractivity contribution >= 4 is 18.1 Å². The van der Waals surface area contributed by atoms with Crippen molar-refractivity contribution in [1.82, 2.24) is 0 Å². The molecule has 3 saturated heterocycles. The summed E-state index contributed by atoms with van der Waals surface area (Å²) in [5.41, 5.74) is 2.81. The van der Waals surface area contributed by atoms with E-state index >= 15 is 0 Å². The number of esters is 2. The van der Waals surface area contributed by atoms with Crippen LogP contribution in [-0.4, -0.2) is 99.8 Å². The van der Waals surface area contributed by atoms with E-state index in [4.69, 9.17) is 52.1 Å². The maximum atomic E-state index is 12.4. The first-order valence-corrected chi connectivity index (χ1v) is 17.4. The number of carbonyl (C=O) groups is 3. The topological polar surface area (TPSA) is 153 Å². The molecule has 6 rings (SSSR count). The van der Waals surface area contributed by atoms with Crippen LogP contribution in [0.25, 0.3) is 0 Å². The zero-order valence-electron chi connectivity index (χ0n) is 29.7. The average Bonchev–Trinajstić information content (AvgIpc) is 3.57. The highest BCUT2D eigenvalue weighted by Gasteiger charge is 2.57. The summed E-state index contributed by atoms with van der Waals surface area (Å²) < 4.78 is 66.0. The van der Waals surface area contributed by atoms with Gasteiger partial charge < -0.3 is 52.1 Å². The van der Waals surface area contributed by atoms with Crippen LogP contribution in [0.3, 0.4) is 0 Å². The number of benzene rings is 3. The predicted octanol–water partition coefficient (Wildman–Crippen LogP) is 4.25. The highest BCUT2D eigenvalue weighted by Crippen LogP contribution is 2.36. The Morgan fingerprint density at radius 2 is 1.06 bits per heavy atom. The standard InChI is InChI=1S/C39H44O14/c1-24(40)44-22-30-32(49-25(2)41)34-36(53-39(42)52-34)38(51-30)48-23-29-31(45-19-26-13-7-4-8-14-26)33(46-20-27-15-9-5-10-16-27)35(37(43-3)50-29)47-21-28-17-11-6-12-18-28/h4-18,29-38H,19-23H2,1-3H3/t29-,30-,31-,32-,33+,34+,35-,36-,37+,38+/m1/s1. The molecular weight excluding hydrogens is 692 g/mol. The summed E-state index contributed by atoms with van der Waals surface area (Å²) in [6.07, 6.45) is -10.6. The van der Waals surface area contributed by atoms with Crippen LogP contribution in [0.4, 0.5) is 4.79 Å². The van der Waals surface area contributed by atoms with Crippen LogP contribution in [0.1, 0.15) is 30.5 Å². The van der Waals surface area contributed by atoms with Gasteiger partial charge in [0, 0.05) is 21.0 Å². The zero-order chi connectivity index (χ0) is 37.2. The van der Waals surface area contributed by atoms with E-state index in [1.165, 1.54) is 21.0 Å². The van der Waals surface area contributed by atoms with Gasteiger partial charge in [0.05, 0.1) is 26.4 Å². The SMILES string of the molecule is CO[C@H]1O[C@H](CO[C@H]2O[C@H](COC(C)=O)[C@@H](OC(C)=O)[C@@H]3OC(=O)O[C@@H]23)[C@@H](OCc2ccccc2)[C@H](OCc2ccccc2)[C@H]1OCc1ccccc1. The van der Waals surface area contributed by atoms with Crippen molar-refractivity contribution in [3.8, 4) is 0 Å². The highest BCUT2D eigenvalue weighted by atomic mass is 16.8. The first kappa shape index (κ1) is 38.3. The van der Waals surface area contributed by atoms with Crippen molar-refractivity contribution in [3.05, 3.63) is 108 Å². The number of hydrogen-bond acceptors (Lipinski definition) is 14. The Balaban J connectivity index is 1.27. The second kappa shape index (κ2) is 18.6. The van der Waals surface area contributed by atoms with Crippen molar-refractivity contribution < 1.29 is 66.5 Å². The number of carbonyl (C=O) groups excluding carboxylic acids is 3. The number of fused-ring (bicyclic) bond motifs is 1. The Kier molecular flexibility index (Phi) is 13.4. The fourth-order valence-corrected chi connectivity index (χ4v) is 6.45. The smallest absolute Gasteiger partial charge is 0.463 e. The van der Waals surface area contributed by atoms with E-state index in [0.717, 1.165) is 16.7 Å². The fraction of sp³-hybridized carbons (Fsp3) is 0.462. The molecular formula is C39H44O14. The Bertz CT molecular complexity index is 1610. The summed E-state index contributed by atoms with van der Waals surface area (Å²) >= 11 is 0. The third-order valence-electron chi connectivity index (χ3n) is 8.91. The molecule has 10 atom stereocenters. The van der Waals surface area contributed by atoms with Gasteiger partial charge in [0.15, 0.2) is 30.9 Å². The van der Waals surface area contributed by atoms with E-state index < -0.39 is 79.5 Å². The molecule has 0 aliphatic carbocycles. The van der Waals surface area contributed by atoms with Crippen molar-refractivity contribution in [2.24, 2.45) is 0 Å². The second-order valence-corrected chi connectivity index (χ2v) is 12.7. The Morgan fingerprint density at radius 3 is 1.58 bits per heavy atom. The lowest BCUT2D eigenvalue weighted by molar-refractivity contribution is -0.336. The summed E-state index contributed by atoms with van der Waals surface area (Å²) in [6, 6.07) is 29.1. The molecule has 3 aliphatic rings. The van der Waals surface area contributed by atoms with Gasteiger partial charge in [-0.3, -0.25) is 9.59 Å². The lowest BCUT2D eigenvalue weighted by Crippen LogP contribution is -2.63. The lowest BCUT2D eigenvalue weighted by atomic mass is 9.97. The summed E-state index contributed by atoms with van der Waals surface area (Å²) in [7, 11) is 1.51. The summed E-state index contributed by atoms with van der Waals surface area (Å²) in [5.74, 6) is -1.24. The minimum absolute atomic E-state index is 0.167. The molecule has 3 aliphatic heterocycles. The van der Waals surface area contributed by atoms with E-state index in [1.807, 2.05) is 91.0 Å². The molecule has 0 saturated carbocycles. The molecule has 14 heteroatoms. The normalized spacial score (nSPS) is 29.4. The molecule has 0 bridgehead atoms. The summed E-state index contributed by atoms with van der Waals surface area (Å²) in [6.45, 7) is 2.67. The van der Waals surface area contributed by atoms with Gasteiger partial charge in [-0.1, -0.05) is 91.0 Å². The number of hydrogen-bond donors (Lipinski definition) is 0. The highest BCUT2D eigenvalue weighted by molar-refractivity contribution is 5.67. The van der Waals surface area contributed by atoms with Gasteiger partial charge >= 0.3 is 18.1 Å². The first-order chi connectivity index (χ1) is 25.8. The van der Waals surface area contributed by atoms with Gasteiger partial charge in [0.1, 0.15) is 37.1 Å². The molecule has 0 radical (unpaired) electrons. The molecule has 0 aromatic heterocycles. The maximum absolute atomic E-state index is 12.4. The van der Waals surface area contributed by atoms with Gasteiger partial charge in [0.2, 0.25) is 0 Å². The van der Waals surface area contributed by atoms with Crippen molar-refractivity contribution in [2.45, 2.75) is 95.1 Å². The molecule has 3 aromatic rings. The van der Waals surface area contributed by atoms with E-state index in [2.05, 4.69) is 0 Å². The van der Waals surface area contributed by atoms with Crippen LogP contribution in [0.15, 0.2) is 91.0 Å². The number of methoxy groups -OCH3 is 1. The molecule has 3 aromatic carbocycles. The van der Waals surface area contributed by atoms with Crippen LogP contribution in [0.2, 0.25) is 0 Å². The first-order valence-electron chi connectivity index (χ1n) is 17.4. The molecule has 3 fully saturated rings. The average molecular weight is 737 g/mol. The minimum atomic E-state index is -1.24. The molecule has 53 heavy (non-hydrogen) atoms. The van der Waals surface area contributed by atoms with Gasteiger partial charge in [0.25, 0.3) is 0 Å². The zero-order valence-corrected chi connectivity index (χ0v) is 29.7. The minimum Gasteiger partial charge on any atom is -0.463 e. The quantitative estimate of drug-likeness (QED) is 0.152. The Hall–Kier alpha value is -4.41. The van der Waals surface area contributed by atoms with Crippen LogP contribution in [-0.2, 0) is 81.5 Å². The second-order valence-electron chi connectivity index (χ2n) is 12.7. The molecule has 0 unspecified atom stereocenters. The molecule has 3 heterocycles. The van der Waals surface area contributed by atoms with Gasteiger partial charge in [-0.2, -0.15) is 0 Å². The maximum Gasteiger partial charge on any atom is 0.509 e. The predicted molar refractivity (Wildman–Crippen MR) is 183 cm³/mol. The van der Waals surface area contributed by atoms with Gasteiger partial charge in [-0.25, -0.2) is 4.79 Å². The van der Waals surface area contributed by atoms with Crippen LogP contribution in [0.5, 0.6) is 0 Å². The third kappa shape index (κ3) is 10.2. The number of rotatable bonds is 16. The molecule has 0 amide bonds. The van der Waals surface area contributed by atoms with Crippen molar-refractivity contribution in [1.29, 1.82) is 0 Å². The van der Waals surface area contributed by atoms with E-state index in [-0.39, 0.29) is 33.0 Å². The van der Waals surface area contributed by atoms with Crippen LogP contribution >= 0.6 is 0 Å². The van der Waals surface area contributed by atoms with E-state index in [1.54, 1.807) is 0 Å². The van der Waals surface area contributed by atoms with Crippen LogP contribution in [0, 0.1) is 0 Å². The van der Waals surface area contributed by atoms with Crippen molar-refractivity contribution in [3.63, 3.8) is 0 Å². The van der Waals surface area contributed by atoms with Crippen molar-refractivity contribution in [2.75, 3.05) is 20.3 Å².